The second kappa shape index (κ2) is 42.0. The number of rotatable bonds is 19. The molecule has 5 aromatic heterocycles. The number of pyridine rings is 2. The molecule has 2 unspecified atom stereocenters. The summed E-state index contributed by atoms with van der Waals surface area (Å²) in [6.45, 7) is 2.16. The third kappa shape index (κ3) is 26.5. The van der Waals surface area contributed by atoms with Gasteiger partial charge in [-0.2, -0.15) is 10.2 Å². The molecule has 0 amide bonds. The lowest BCUT2D eigenvalue weighted by atomic mass is 10.2. The van der Waals surface area contributed by atoms with E-state index < -0.39 is 0 Å². The first kappa shape index (κ1) is 82.2. The summed E-state index contributed by atoms with van der Waals surface area (Å²) in [7, 11) is 31.3. The average Bonchev–Trinajstić information content (AvgIpc) is 1.74. The van der Waals surface area contributed by atoms with Gasteiger partial charge in [-0.1, -0.05) is 33.5 Å². The number of hydrogen-bond donors (Lipinski definition) is 5. The van der Waals surface area contributed by atoms with Gasteiger partial charge in [-0.15, -0.1) is 10.2 Å². The minimum Gasteiger partial charge on any atom is -0.497 e. The lowest BCUT2D eigenvalue weighted by Crippen LogP contribution is -3.11. The Kier molecular flexibility index (Phi) is 31.4. The van der Waals surface area contributed by atoms with Crippen molar-refractivity contribution in [3.63, 3.8) is 0 Å². The number of hydrogen-bond acceptors (Lipinski definition) is 19. The van der Waals surface area contributed by atoms with Crippen LogP contribution in [0.3, 0.4) is 0 Å². The maximum absolute atomic E-state index is 5.69. The number of aryl methyl sites for hydroxylation is 8. The number of methoxy groups -OCH3 is 1. The molecule has 0 saturated carbocycles. The Bertz CT molecular complexity index is 4830. The third-order valence-corrected chi connectivity index (χ3v) is 17.0. The van der Waals surface area contributed by atoms with E-state index in [4.69, 9.17) is 16.2 Å². The molecule has 0 bridgehead atoms. The molecule has 0 spiro atoms. The highest BCUT2D eigenvalue weighted by atomic mass is 16.5. The zero-order chi connectivity index (χ0) is 78.9. The van der Waals surface area contributed by atoms with Crippen molar-refractivity contribution in [3.05, 3.63) is 273 Å². The van der Waals surface area contributed by atoms with Crippen LogP contribution in [0.15, 0.2) is 313 Å². The van der Waals surface area contributed by atoms with Gasteiger partial charge in [0.05, 0.1) is 136 Å². The summed E-state index contributed by atoms with van der Waals surface area (Å²) < 4.78 is 20.6. The average molecular weight is 1480 g/mol. The van der Waals surface area contributed by atoms with Crippen LogP contribution in [-0.2, 0) is 56.4 Å². The highest BCUT2D eigenvalue weighted by Crippen LogP contribution is 2.25. The predicted octanol–water partition coefficient (Wildman–Crippen LogP) is 12.3. The maximum atomic E-state index is 5.69. The number of nitrogens with one attached hydrogen (secondary N) is 3. The summed E-state index contributed by atoms with van der Waals surface area (Å²) in [6.07, 6.45) is 23.4. The van der Waals surface area contributed by atoms with Gasteiger partial charge >= 0.3 is 17.8 Å². The number of benzene rings is 7. The molecule has 6 heterocycles. The van der Waals surface area contributed by atoms with Crippen molar-refractivity contribution < 1.29 is 32.5 Å². The van der Waals surface area contributed by atoms with E-state index in [1.807, 2.05) is 401 Å². The first-order valence-electron chi connectivity index (χ1n) is 35.5. The third-order valence-electron chi connectivity index (χ3n) is 17.0. The molecule has 0 radical (unpaired) electrons. The largest absolute Gasteiger partial charge is 0.497 e. The molecule has 13 rings (SSSR count). The van der Waals surface area contributed by atoms with Crippen LogP contribution in [-0.4, -0.2) is 107 Å². The Morgan fingerprint density at radius 1 is 0.445 bits per heavy atom. The monoisotopic (exact) mass is 1480 g/mol. The fourth-order valence-electron chi connectivity index (χ4n) is 10.2. The molecule has 7 N–H and O–H groups in total. The summed E-state index contributed by atoms with van der Waals surface area (Å²) >= 11 is 0. The number of imidazole rings is 3. The minimum atomic E-state index is 0.113. The second-order valence-electron chi connectivity index (χ2n) is 26.0. The van der Waals surface area contributed by atoms with Crippen LogP contribution in [0.5, 0.6) is 5.75 Å². The molecule has 110 heavy (non-hydrogen) atoms. The second-order valence-corrected chi connectivity index (χ2v) is 26.0. The molecule has 2 atom stereocenters. The summed E-state index contributed by atoms with van der Waals surface area (Å²) in [5, 5.41) is 52.9. The van der Waals surface area contributed by atoms with Crippen LogP contribution in [0, 0.1) is 0 Å². The summed E-state index contributed by atoms with van der Waals surface area (Å²) in [5.41, 5.74) is 24.6. The number of aromatic nitrogens is 8. The van der Waals surface area contributed by atoms with Gasteiger partial charge in [0.15, 0.2) is 24.8 Å². The zero-order valence-corrected chi connectivity index (χ0v) is 65.9. The van der Waals surface area contributed by atoms with Crippen molar-refractivity contribution >= 4 is 98.5 Å². The van der Waals surface area contributed by atoms with Gasteiger partial charge < -0.3 is 36.6 Å². The molecular weight excluding hydrogens is 1380 g/mol. The van der Waals surface area contributed by atoms with E-state index in [2.05, 4.69) is 85.6 Å². The molecule has 7 aromatic carbocycles. The quantitative estimate of drug-likeness (QED) is 0.0169. The smallest absolute Gasteiger partial charge is 0.421 e. The number of para-hydroxylation sites is 1. The molecule has 1 aliphatic rings. The number of ether oxygens (including phenoxy) is 1. The Morgan fingerprint density at radius 2 is 0.809 bits per heavy atom. The number of azo groups is 4. The van der Waals surface area contributed by atoms with E-state index in [1.54, 1.807) is 19.2 Å². The first-order valence-corrected chi connectivity index (χ1v) is 35.5. The van der Waals surface area contributed by atoms with Crippen LogP contribution in [0.1, 0.15) is 11.1 Å². The molecule has 568 valence electrons. The molecule has 1 aliphatic heterocycles. The molecule has 1 fully saturated rings. The maximum Gasteiger partial charge on any atom is 0.421 e. The lowest BCUT2D eigenvalue weighted by molar-refractivity contribution is -0.897. The highest BCUT2D eigenvalue weighted by molar-refractivity contribution is 5.80. The van der Waals surface area contributed by atoms with Crippen LogP contribution < -0.4 is 69.5 Å². The minimum absolute atomic E-state index is 0.113. The van der Waals surface area contributed by atoms with E-state index >= 15 is 0 Å². The van der Waals surface area contributed by atoms with Gasteiger partial charge in [0.25, 0.3) is 6.29 Å². The number of nitrogens with two attached hydrogens (primary N) is 2. The SMILES string of the molecule is CN(C)c1ccc(N=Nc2n(C)cc[n+]2C)cc1.CN(N=Cc1cc[n+](C)cc1)c1ccccc1.CN1CC[NH+](C)C1N=Nc1ccc(Nc2ccc(N)cc2)cc1.CNc1ccc(N=Nc2n(C)cc[n+]2C)cc1.COc1ccc(N(C)N=Cc2cc[n+](C)cc2)cc1.Cn1cc[n+](C)c1N=Nc1ccc(N)cc1. The topological polar surface area (TPSA) is 261 Å². The Labute approximate surface area is 645 Å². The number of nitrogens with zero attached hydrogens (tertiary/aromatic N) is 22. The number of nitrogen functional groups attached to an aromatic ring is 2. The lowest BCUT2D eigenvalue weighted by Gasteiger charge is -2.15. The normalized spacial score (nSPS) is 13.2. The molecule has 28 heteroatoms. The fourth-order valence-corrected chi connectivity index (χ4v) is 10.2. The Balaban J connectivity index is 0.000000167. The van der Waals surface area contributed by atoms with Gasteiger partial charge in [-0.05, 0) is 165 Å². The Morgan fingerprint density at radius 3 is 1.18 bits per heavy atom. The van der Waals surface area contributed by atoms with Crippen LogP contribution in [0.2, 0.25) is 0 Å². The number of likely N-dealkylation sites (N-methyl/N-ethyl adjacent to an activating group) is 2. The fraction of sp³-hybridized carbons (Fsp3) is 0.232. The van der Waals surface area contributed by atoms with Crippen molar-refractivity contribution in [3.8, 4) is 5.75 Å². The van der Waals surface area contributed by atoms with E-state index in [0.29, 0.717) is 0 Å². The van der Waals surface area contributed by atoms with Gasteiger partial charge in [0.1, 0.15) is 36.9 Å². The number of hydrazone groups is 2. The van der Waals surface area contributed by atoms with Gasteiger partial charge in [-0.3, -0.25) is 10.0 Å². The summed E-state index contributed by atoms with van der Waals surface area (Å²) in [4.78, 5) is 5.64. The highest BCUT2D eigenvalue weighted by Gasteiger charge is 2.30. The van der Waals surface area contributed by atoms with Crippen molar-refractivity contribution in [2.24, 2.45) is 107 Å². The number of anilines is 8. The van der Waals surface area contributed by atoms with Gasteiger partial charge in [0, 0.05) is 120 Å². The zero-order valence-electron chi connectivity index (χ0n) is 65.9. The van der Waals surface area contributed by atoms with E-state index in [0.717, 1.165) is 116 Å². The van der Waals surface area contributed by atoms with Crippen molar-refractivity contribution in [1.82, 2.24) is 18.6 Å². The van der Waals surface area contributed by atoms with Crippen LogP contribution >= 0.6 is 0 Å². The predicted molar refractivity (Wildman–Crippen MR) is 440 cm³/mol. The van der Waals surface area contributed by atoms with Crippen molar-refractivity contribution in [1.29, 1.82) is 0 Å². The summed E-state index contributed by atoms with van der Waals surface area (Å²) in [6, 6.07) is 64.6. The molecule has 0 aliphatic carbocycles. The summed E-state index contributed by atoms with van der Waals surface area (Å²) in [5.74, 6) is 3.25. The van der Waals surface area contributed by atoms with Crippen molar-refractivity contribution in [2.75, 3.05) is 107 Å². The van der Waals surface area contributed by atoms with Crippen LogP contribution in [0.25, 0.3) is 0 Å². The van der Waals surface area contributed by atoms with Crippen molar-refractivity contribution in [2.45, 2.75) is 6.29 Å². The molecule has 12 aromatic rings. The standard InChI is InChI=1S/C17H22N6.C15H18N3O.C14H16N3.C13H18N5.C12H15N5.C11H13N5/c1-22-11-12-23(2)17(22)21-20-16-9-7-15(8-10-16)19-14-5-3-13(18)4-6-14;1-17-10-8-13(9-11-17)12-16-18(2)14-4-6-15(19-3)7-5-14;1-16-10-8-13(9-11-16)12-15-17(2)14-6-4-3-5-7-14;1-16(2)12-7-5-11(6-8-12)14-15-13-17(3)9-10-18(13)4;1-13-10-4-6-11(7-5-10)14-15-12-16(2)8-9-17(12)3;1-15-7-8-16(2)11(15)14-13-10-5-3-9(12)4-6-10/h3-10,17,19H,11-12,18H2,1-2H3;4-12H,1-3H3;3-12H,1-2H3;5-10H,1-4H3;4-9H,1-3H3;3-8,12H,1-2H3/q;3*+1;;/p+3. The van der Waals surface area contributed by atoms with Crippen LogP contribution in [0.4, 0.5) is 86.1 Å². The first-order chi connectivity index (χ1) is 53.0. The van der Waals surface area contributed by atoms with E-state index in [9.17, 15) is 0 Å². The van der Waals surface area contributed by atoms with Gasteiger partial charge in [0.2, 0.25) is 0 Å². The van der Waals surface area contributed by atoms with E-state index in [1.165, 1.54) is 4.90 Å². The van der Waals surface area contributed by atoms with Gasteiger partial charge in [-0.25, -0.2) is 41.4 Å². The Hall–Kier alpha value is -13.5. The molecule has 28 nitrogen and oxygen atoms in total. The molecular formula is C82H105N27O+6. The molecule has 1 saturated heterocycles. The number of quaternary nitrogens is 1. The van der Waals surface area contributed by atoms with E-state index in [-0.39, 0.29) is 6.29 Å².